The SMILES string of the molecule is Fc1ccc(-c2nc(-c3ccc(F)cc3)nc(-c3cccc(-c4nccc5c4oc4ccc(-n6c7ccccc7c7ccccc76)cc45)c3)n2)cc1. The summed E-state index contributed by atoms with van der Waals surface area (Å²) in [5, 5.41) is 4.34. The maximum Gasteiger partial charge on any atom is 0.164 e. The Morgan fingerprint density at radius 2 is 1.04 bits per heavy atom. The van der Waals surface area contributed by atoms with Crippen LogP contribution in [0.4, 0.5) is 8.78 Å². The molecule has 52 heavy (non-hydrogen) atoms. The molecule has 0 unspecified atom stereocenters. The maximum absolute atomic E-state index is 13.8. The van der Waals surface area contributed by atoms with E-state index in [0.717, 1.165) is 44.2 Å². The first-order valence-corrected chi connectivity index (χ1v) is 16.8. The predicted octanol–water partition coefficient (Wildman–Crippen LogP) is 11.2. The van der Waals surface area contributed by atoms with E-state index in [1.807, 2.05) is 36.4 Å². The van der Waals surface area contributed by atoms with Crippen LogP contribution in [-0.2, 0) is 0 Å². The van der Waals surface area contributed by atoms with Gasteiger partial charge in [-0.05, 0) is 91.0 Å². The summed E-state index contributed by atoms with van der Waals surface area (Å²) in [6, 6.07) is 44.9. The van der Waals surface area contributed by atoms with Crippen molar-refractivity contribution in [1.82, 2.24) is 24.5 Å². The van der Waals surface area contributed by atoms with Gasteiger partial charge >= 0.3 is 0 Å². The van der Waals surface area contributed by atoms with Gasteiger partial charge in [-0.2, -0.15) is 0 Å². The van der Waals surface area contributed by atoms with E-state index in [0.29, 0.717) is 39.9 Å². The first-order chi connectivity index (χ1) is 25.6. The predicted molar refractivity (Wildman–Crippen MR) is 201 cm³/mol. The van der Waals surface area contributed by atoms with Crippen molar-refractivity contribution >= 4 is 43.7 Å². The number of pyridine rings is 1. The molecule has 0 aliphatic heterocycles. The van der Waals surface area contributed by atoms with Gasteiger partial charge < -0.3 is 8.98 Å². The fourth-order valence-corrected chi connectivity index (χ4v) is 7.00. The van der Waals surface area contributed by atoms with Crippen molar-refractivity contribution in [2.45, 2.75) is 0 Å². The van der Waals surface area contributed by atoms with Crippen molar-refractivity contribution in [1.29, 1.82) is 0 Å². The summed E-state index contributed by atoms with van der Waals surface area (Å²) in [5.41, 5.74) is 8.21. The number of para-hydroxylation sites is 2. The van der Waals surface area contributed by atoms with Gasteiger partial charge in [0.25, 0.3) is 0 Å². The molecular weight excluding hydrogens is 653 g/mol. The molecule has 10 rings (SSSR count). The number of hydrogen-bond acceptors (Lipinski definition) is 5. The summed E-state index contributed by atoms with van der Waals surface area (Å²) in [5.74, 6) is 0.417. The number of halogens is 2. The van der Waals surface area contributed by atoms with Crippen molar-refractivity contribution in [3.63, 3.8) is 0 Å². The second-order valence-electron chi connectivity index (χ2n) is 12.6. The van der Waals surface area contributed by atoms with Crippen LogP contribution in [0, 0.1) is 11.6 Å². The largest absolute Gasteiger partial charge is 0.454 e. The molecule has 0 atom stereocenters. The Bertz CT molecular complexity index is 2870. The third-order valence-corrected chi connectivity index (χ3v) is 9.44. The average molecular weight is 678 g/mol. The van der Waals surface area contributed by atoms with E-state index in [1.165, 1.54) is 35.0 Å². The van der Waals surface area contributed by atoms with Gasteiger partial charge in [-0.15, -0.1) is 0 Å². The number of aromatic nitrogens is 5. The van der Waals surface area contributed by atoms with Crippen molar-refractivity contribution in [2.75, 3.05) is 0 Å². The zero-order valence-electron chi connectivity index (χ0n) is 27.3. The third kappa shape index (κ3) is 4.92. The summed E-state index contributed by atoms with van der Waals surface area (Å²) < 4.78 is 36.4. The maximum atomic E-state index is 13.8. The Hall–Kier alpha value is -7.06. The lowest BCUT2D eigenvalue weighted by Crippen LogP contribution is -2.00. The van der Waals surface area contributed by atoms with Gasteiger partial charge in [0.2, 0.25) is 0 Å². The molecule has 0 saturated carbocycles. The third-order valence-electron chi connectivity index (χ3n) is 9.44. The van der Waals surface area contributed by atoms with Crippen molar-refractivity contribution < 1.29 is 13.2 Å². The molecule has 246 valence electrons. The Morgan fingerprint density at radius 1 is 0.462 bits per heavy atom. The van der Waals surface area contributed by atoms with Crippen molar-refractivity contribution in [2.24, 2.45) is 0 Å². The van der Waals surface area contributed by atoms with Gasteiger partial charge in [0, 0.05) is 55.7 Å². The van der Waals surface area contributed by atoms with Crippen molar-refractivity contribution in [3.05, 3.63) is 163 Å². The number of rotatable bonds is 5. The number of furan rings is 1. The lowest BCUT2D eigenvalue weighted by atomic mass is 10.0. The van der Waals surface area contributed by atoms with Crippen LogP contribution >= 0.6 is 0 Å². The van der Waals surface area contributed by atoms with E-state index in [-0.39, 0.29) is 11.6 Å². The topological polar surface area (TPSA) is 69.6 Å². The smallest absolute Gasteiger partial charge is 0.164 e. The molecule has 0 amide bonds. The fourth-order valence-electron chi connectivity index (χ4n) is 7.00. The molecule has 10 aromatic rings. The number of nitrogens with zero attached hydrogens (tertiary/aromatic N) is 5. The van der Waals surface area contributed by atoms with E-state index in [1.54, 1.807) is 30.5 Å². The number of benzene rings is 6. The first-order valence-electron chi connectivity index (χ1n) is 16.8. The van der Waals surface area contributed by atoms with Crippen LogP contribution in [0.3, 0.4) is 0 Å². The number of fused-ring (bicyclic) bond motifs is 6. The molecule has 0 bridgehead atoms. The second-order valence-corrected chi connectivity index (χ2v) is 12.6. The summed E-state index contributed by atoms with van der Waals surface area (Å²) in [6.45, 7) is 0. The summed E-state index contributed by atoms with van der Waals surface area (Å²) in [4.78, 5) is 19.0. The average Bonchev–Trinajstić information content (AvgIpc) is 3.74. The Morgan fingerprint density at radius 3 is 1.67 bits per heavy atom. The molecule has 6 aromatic carbocycles. The van der Waals surface area contributed by atoms with Crippen molar-refractivity contribution in [3.8, 4) is 51.1 Å². The molecule has 0 saturated heterocycles. The molecule has 0 spiro atoms. The lowest BCUT2D eigenvalue weighted by Gasteiger charge is -2.09. The highest BCUT2D eigenvalue weighted by atomic mass is 19.1. The molecule has 4 heterocycles. The Balaban J connectivity index is 1.10. The van der Waals surface area contributed by atoms with Crippen LogP contribution in [0.25, 0.3) is 94.9 Å². The highest BCUT2D eigenvalue weighted by Gasteiger charge is 2.18. The van der Waals surface area contributed by atoms with Gasteiger partial charge in [0.1, 0.15) is 22.9 Å². The Labute approximate surface area is 295 Å². The molecule has 0 fully saturated rings. The summed E-state index contributed by atoms with van der Waals surface area (Å²) >= 11 is 0. The van der Waals surface area contributed by atoms with E-state index in [4.69, 9.17) is 19.4 Å². The van der Waals surface area contributed by atoms with Gasteiger partial charge in [-0.3, -0.25) is 4.98 Å². The molecule has 8 heteroatoms. The molecule has 0 N–H and O–H groups in total. The van der Waals surface area contributed by atoms with Gasteiger partial charge in [0.05, 0.1) is 11.0 Å². The summed E-state index contributed by atoms with van der Waals surface area (Å²) in [7, 11) is 0. The van der Waals surface area contributed by atoms with Gasteiger partial charge in [0.15, 0.2) is 23.1 Å². The van der Waals surface area contributed by atoms with Crippen LogP contribution in [-0.4, -0.2) is 24.5 Å². The molecular formula is C44H25F2N5O. The summed E-state index contributed by atoms with van der Waals surface area (Å²) in [6.07, 6.45) is 1.80. The molecule has 0 aliphatic rings. The zero-order chi connectivity index (χ0) is 34.8. The minimum absolute atomic E-state index is 0.361. The lowest BCUT2D eigenvalue weighted by molar-refractivity contribution is 0.627. The van der Waals surface area contributed by atoms with Crippen LogP contribution in [0.1, 0.15) is 0 Å². The van der Waals surface area contributed by atoms with Crippen LogP contribution in [0.15, 0.2) is 156 Å². The first kappa shape index (κ1) is 29.8. The standard InChI is InChI=1S/C44H25F2N5O/c45-30-16-12-26(13-17-30)42-48-43(27-14-18-31(46)19-15-27)50-44(49-42)29-7-5-6-28(24-29)40-41-35(22-23-47-40)36-25-32(20-21-39(36)52-41)51-37-10-3-1-8-33(37)34-9-2-4-11-38(34)51/h1-25H. The Kier molecular flexibility index (Phi) is 6.75. The second kappa shape index (κ2) is 11.8. The van der Waals surface area contributed by atoms with E-state index in [9.17, 15) is 8.78 Å². The molecule has 0 aliphatic carbocycles. The highest BCUT2D eigenvalue weighted by molar-refractivity contribution is 6.11. The normalized spacial score (nSPS) is 11.7. The van der Waals surface area contributed by atoms with E-state index in [2.05, 4.69) is 70.2 Å². The molecule has 0 radical (unpaired) electrons. The minimum Gasteiger partial charge on any atom is -0.454 e. The van der Waals surface area contributed by atoms with Crippen LogP contribution < -0.4 is 0 Å². The highest BCUT2D eigenvalue weighted by Crippen LogP contribution is 2.38. The van der Waals surface area contributed by atoms with Crippen LogP contribution in [0.2, 0.25) is 0 Å². The quantitative estimate of drug-likeness (QED) is 0.181. The molecule has 4 aromatic heterocycles. The van der Waals surface area contributed by atoms with Gasteiger partial charge in [-0.1, -0.05) is 54.6 Å². The fraction of sp³-hybridized carbons (Fsp3) is 0. The molecule has 6 nitrogen and oxygen atoms in total. The zero-order valence-corrected chi connectivity index (χ0v) is 27.3. The minimum atomic E-state index is -0.361. The van der Waals surface area contributed by atoms with Gasteiger partial charge in [-0.25, -0.2) is 23.7 Å². The van der Waals surface area contributed by atoms with Crippen LogP contribution in [0.5, 0.6) is 0 Å². The monoisotopic (exact) mass is 677 g/mol. The van der Waals surface area contributed by atoms with E-state index < -0.39 is 0 Å². The number of hydrogen-bond donors (Lipinski definition) is 0. The van der Waals surface area contributed by atoms with E-state index >= 15 is 0 Å².